The molecule has 0 aliphatic heterocycles. The number of fused-ring (bicyclic) bond motifs is 1. The molecular formula is C27H37N3O4. The van der Waals surface area contributed by atoms with E-state index in [0.717, 1.165) is 55.2 Å². The van der Waals surface area contributed by atoms with E-state index in [-0.39, 0.29) is 5.56 Å². The van der Waals surface area contributed by atoms with E-state index >= 15 is 0 Å². The third-order valence-electron chi connectivity index (χ3n) is 5.90. The number of aromatic amines is 1. The van der Waals surface area contributed by atoms with Crippen LogP contribution in [0.1, 0.15) is 36.5 Å². The van der Waals surface area contributed by atoms with Gasteiger partial charge < -0.3 is 30.2 Å². The van der Waals surface area contributed by atoms with Gasteiger partial charge in [-0.1, -0.05) is 42.5 Å². The molecule has 0 fully saturated rings. The van der Waals surface area contributed by atoms with E-state index in [0.29, 0.717) is 19.7 Å². The Hall–Kier alpha value is -2.55. The van der Waals surface area contributed by atoms with Crippen molar-refractivity contribution in [3.8, 4) is 0 Å². The lowest BCUT2D eigenvalue weighted by Gasteiger charge is -2.20. The summed E-state index contributed by atoms with van der Waals surface area (Å²) in [5.74, 6) is 0. The zero-order valence-corrected chi connectivity index (χ0v) is 20.0. The normalized spacial score (nSPS) is 13.4. The molecule has 7 nitrogen and oxygen atoms in total. The number of unbranched alkanes of at least 4 members (excludes halogenated alkanes) is 2. The van der Waals surface area contributed by atoms with Crippen LogP contribution in [0.3, 0.4) is 0 Å². The van der Waals surface area contributed by atoms with E-state index in [2.05, 4.69) is 27.3 Å². The molecule has 0 spiro atoms. The van der Waals surface area contributed by atoms with E-state index in [1.807, 2.05) is 43.4 Å². The van der Waals surface area contributed by atoms with Crippen LogP contribution < -0.4 is 10.9 Å². The number of aromatic nitrogens is 1. The predicted molar refractivity (Wildman–Crippen MR) is 136 cm³/mol. The third kappa shape index (κ3) is 8.66. The molecule has 3 rings (SSSR count). The lowest BCUT2D eigenvalue weighted by molar-refractivity contribution is -0.111. The van der Waals surface area contributed by atoms with Crippen molar-refractivity contribution in [3.05, 3.63) is 82.1 Å². The highest BCUT2D eigenvalue weighted by molar-refractivity contribution is 5.82. The zero-order chi connectivity index (χ0) is 24.2. The summed E-state index contributed by atoms with van der Waals surface area (Å²) in [5.41, 5.74) is 2.68. The van der Waals surface area contributed by atoms with Crippen LogP contribution in [0.5, 0.6) is 0 Å². The highest BCUT2D eigenvalue weighted by atomic mass is 16.6. The molecule has 7 heteroatoms. The van der Waals surface area contributed by atoms with Crippen LogP contribution in [0.2, 0.25) is 0 Å². The maximum atomic E-state index is 11.5. The highest BCUT2D eigenvalue weighted by Crippen LogP contribution is 2.21. The Bertz CT molecular complexity index is 1040. The zero-order valence-electron chi connectivity index (χ0n) is 20.0. The van der Waals surface area contributed by atoms with Crippen molar-refractivity contribution in [1.29, 1.82) is 0 Å². The Balaban J connectivity index is 1.23. The lowest BCUT2D eigenvalue weighted by Crippen LogP contribution is -2.32. The smallest absolute Gasteiger partial charge is 0.248 e. The average molecular weight is 468 g/mol. The first-order valence-electron chi connectivity index (χ1n) is 12.1. The van der Waals surface area contributed by atoms with Gasteiger partial charge in [-0.3, -0.25) is 4.79 Å². The lowest BCUT2D eigenvalue weighted by atomic mass is 10.0. The number of ether oxygens (including phenoxy) is 1. The number of hydrogen-bond donors (Lipinski definition) is 4. The number of benzene rings is 2. The quantitative estimate of drug-likeness (QED) is 0.203. The molecule has 0 bridgehead atoms. The van der Waals surface area contributed by atoms with E-state index in [1.165, 1.54) is 11.6 Å². The molecule has 2 aromatic carbocycles. The summed E-state index contributed by atoms with van der Waals surface area (Å²) < 4.78 is 5.54. The second kappa shape index (κ2) is 14.0. The fraction of sp³-hybridized carbons (Fsp3) is 0.444. The Labute approximate surface area is 201 Å². The van der Waals surface area contributed by atoms with Gasteiger partial charge in [0.05, 0.1) is 6.10 Å². The van der Waals surface area contributed by atoms with Gasteiger partial charge in [-0.05, 0) is 62.5 Å². The summed E-state index contributed by atoms with van der Waals surface area (Å²) in [6, 6.07) is 19.1. The van der Waals surface area contributed by atoms with Crippen LogP contribution in [0.15, 0.2) is 65.5 Å². The van der Waals surface area contributed by atoms with Crippen LogP contribution >= 0.6 is 0 Å². The van der Waals surface area contributed by atoms with Crippen LogP contribution in [0.4, 0.5) is 0 Å². The summed E-state index contributed by atoms with van der Waals surface area (Å²) in [5, 5.41) is 24.8. The van der Waals surface area contributed by atoms with Crippen LogP contribution in [-0.4, -0.2) is 66.2 Å². The van der Waals surface area contributed by atoms with Gasteiger partial charge >= 0.3 is 0 Å². The molecule has 0 aliphatic carbocycles. The van der Waals surface area contributed by atoms with Crippen molar-refractivity contribution in [2.75, 3.05) is 39.8 Å². The molecule has 2 atom stereocenters. The number of aliphatic hydroxyl groups is 2. The third-order valence-corrected chi connectivity index (χ3v) is 5.90. The van der Waals surface area contributed by atoms with Gasteiger partial charge in [0.15, 0.2) is 6.29 Å². The van der Waals surface area contributed by atoms with Gasteiger partial charge in [-0.2, -0.15) is 0 Å². The molecule has 0 aliphatic rings. The first-order valence-corrected chi connectivity index (χ1v) is 12.1. The average Bonchev–Trinajstić information content (AvgIpc) is 2.84. The summed E-state index contributed by atoms with van der Waals surface area (Å²) in [4.78, 5) is 16.4. The summed E-state index contributed by atoms with van der Waals surface area (Å²) in [6.07, 6.45) is 2.36. The minimum atomic E-state index is -0.773. The van der Waals surface area contributed by atoms with Gasteiger partial charge in [0.1, 0.15) is 0 Å². The highest BCUT2D eigenvalue weighted by Gasteiger charge is 2.11. The summed E-state index contributed by atoms with van der Waals surface area (Å²) in [6.45, 7) is 3.14. The minimum absolute atomic E-state index is 0.149. The van der Waals surface area contributed by atoms with Gasteiger partial charge in [0.2, 0.25) is 5.56 Å². The fourth-order valence-electron chi connectivity index (χ4n) is 3.97. The SMILES string of the molecule is CN(CCc1ccccc1)CC(O)OCCCCCNC[C@H](O)c1cccc2[nH]c(=O)ccc12. The molecular weight excluding hydrogens is 430 g/mol. The first-order chi connectivity index (χ1) is 16.5. The molecule has 3 aromatic rings. The van der Waals surface area contributed by atoms with Gasteiger partial charge in [0, 0.05) is 43.2 Å². The maximum absolute atomic E-state index is 11.5. The number of aliphatic hydroxyl groups excluding tert-OH is 2. The molecule has 0 amide bonds. The van der Waals surface area contributed by atoms with Crippen molar-refractivity contribution in [3.63, 3.8) is 0 Å². The molecule has 1 heterocycles. The number of likely N-dealkylation sites (N-methyl/N-ethyl adjacent to an activating group) is 1. The van der Waals surface area contributed by atoms with Crippen molar-refractivity contribution >= 4 is 10.9 Å². The van der Waals surface area contributed by atoms with E-state index in [1.54, 1.807) is 6.07 Å². The number of hydrogen-bond acceptors (Lipinski definition) is 6. The van der Waals surface area contributed by atoms with Crippen LogP contribution in [0, 0.1) is 0 Å². The molecule has 0 saturated heterocycles. The molecule has 0 radical (unpaired) electrons. The molecule has 34 heavy (non-hydrogen) atoms. The standard InChI is InChI=1S/C27H37N3O4/c1-30(17-15-21-9-4-2-5-10-21)20-27(33)34-18-7-3-6-16-28-19-25(31)23-11-8-12-24-22(23)13-14-26(32)29-24/h2,4-5,8-14,25,27-28,31,33H,3,6-7,15-20H2,1H3,(H,29,32)/t25-,27?/m0/s1. The number of rotatable bonds is 15. The number of nitrogens with one attached hydrogen (secondary N) is 2. The second-order valence-corrected chi connectivity index (χ2v) is 8.73. The number of H-pyrrole nitrogens is 1. The number of nitrogens with zero attached hydrogens (tertiary/aromatic N) is 1. The monoisotopic (exact) mass is 467 g/mol. The van der Waals surface area contributed by atoms with Crippen LogP contribution in [0.25, 0.3) is 10.9 Å². The van der Waals surface area contributed by atoms with E-state index in [9.17, 15) is 15.0 Å². The molecule has 1 aromatic heterocycles. The first kappa shape index (κ1) is 26.1. The number of pyridine rings is 1. The summed E-state index contributed by atoms with van der Waals surface area (Å²) >= 11 is 0. The Kier molecular flexibility index (Phi) is 10.7. The molecule has 0 saturated carbocycles. The molecule has 4 N–H and O–H groups in total. The summed E-state index contributed by atoms with van der Waals surface area (Å²) in [7, 11) is 1.99. The van der Waals surface area contributed by atoms with E-state index < -0.39 is 12.4 Å². The molecule has 1 unspecified atom stereocenters. The maximum Gasteiger partial charge on any atom is 0.248 e. The van der Waals surface area contributed by atoms with E-state index in [4.69, 9.17) is 4.74 Å². The van der Waals surface area contributed by atoms with Crippen molar-refractivity contribution in [2.45, 2.75) is 38.1 Å². The Morgan fingerprint density at radius 3 is 2.65 bits per heavy atom. The van der Waals surface area contributed by atoms with Crippen molar-refractivity contribution < 1.29 is 14.9 Å². The van der Waals surface area contributed by atoms with Crippen LogP contribution in [-0.2, 0) is 11.2 Å². The Morgan fingerprint density at radius 2 is 1.82 bits per heavy atom. The minimum Gasteiger partial charge on any atom is -0.387 e. The van der Waals surface area contributed by atoms with Crippen molar-refractivity contribution in [1.82, 2.24) is 15.2 Å². The van der Waals surface area contributed by atoms with Crippen molar-refractivity contribution in [2.24, 2.45) is 0 Å². The molecule has 184 valence electrons. The topological polar surface area (TPSA) is 97.8 Å². The van der Waals surface area contributed by atoms with Gasteiger partial charge in [0.25, 0.3) is 0 Å². The largest absolute Gasteiger partial charge is 0.387 e. The predicted octanol–water partition coefficient (Wildman–Crippen LogP) is 2.83. The van der Waals surface area contributed by atoms with Gasteiger partial charge in [-0.25, -0.2) is 0 Å². The second-order valence-electron chi connectivity index (χ2n) is 8.73. The van der Waals surface area contributed by atoms with Gasteiger partial charge in [-0.15, -0.1) is 0 Å². The Morgan fingerprint density at radius 1 is 1.00 bits per heavy atom. The fourth-order valence-corrected chi connectivity index (χ4v) is 3.97.